The maximum Gasteiger partial charge on any atom is 0.418 e. The van der Waals surface area contributed by atoms with Gasteiger partial charge in [0.2, 0.25) is 5.82 Å². The number of hydrogen-bond acceptors (Lipinski definition) is 7. The van der Waals surface area contributed by atoms with E-state index in [1.54, 1.807) is 18.2 Å². The average molecular weight is 534 g/mol. The Kier molecular flexibility index (Phi) is 6.89. The number of anilines is 3. The Morgan fingerprint density at radius 2 is 1.82 bits per heavy atom. The lowest BCUT2D eigenvalue weighted by molar-refractivity contribution is -0.141. The molecule has 2 atom stereocenters. The zero-order chi connectivity index (χ0) is 27.0. The predicted molar refractivity (Wildman–Crippen MR) is 133 cm³/mol. The van der Waals surface area contributed by atoms with E-state index in [-0.39, 0.29) is 35.4 Å². The molecule has 0 unspecified atom stereocenters. The van der Waals surface area contributed by atoms with Crippen molar-refractivity contribution < 1.29 is 32.0 Å². The highest BCUT2D eigenvalue weighted by molar-refractivity contribution is 5.75. The molecule has 2 fully saturated rings. The van der Waals surface area contributed by atoms with E-state index < -0.39 is 29.8 Å². The maximum absolute atomic E-state index is 13.9. The lowest BCUT2D eigenvalue weighted by Crippen LogP contribution is -2.34. The van der Waals surface area contributed by atoms with Crippen molar-refractivity contribution in [1.29, 1.82) is 0 Å². The summed E-state index contributed by atoms with van der Waals surface area (Å²) in [5.74, 6) is -1.42. The second-order valence-electron chi connectivity index (χ2n) is 9.81. The van der Waals surface area contributed by atoms with Crippen LogP contribution in [-0.2, 0) is 11.0 Å². The van der Waals surface area contributed by atoms with Gasteiger partial charge in [-0.05, 0) is 68.5 Å². The van der Waals surface area contributed by atoms with E-state index in [1.807, 2.05) is 4.90 Å². The summed E-state index contributed by atoms with van der Waals surface area (Å²) in [5, 5.41) is 15.9. The highest BCUT2D eigenvalue weighted by Gasteiger charge is 2.36. The Morgan fingerprint density at radius 3 is 2.47 bits per heavy atom. The zero-order valence-electron chi connectivity index (χ0n) is 20.3. The van der Waals surface area contributed by atoms with Crippen molar-refractivity contribution in [2.45, 2.75) is 50.5 Å². The number of alkyl halides is 4. The van der Waals surface area contributed by atoms with Crippen molar-refractivity contribution in [3.8, 4) is 22.8 Å². The first-order valence-corrected chi connectivity index (χ1v) is 12.4. The Balaban J connectivity index is 1.36. The second-order valence-corrected chi connectivity index (χ2v) is 9.81. The smallest absolute Gasteiger partial charge is 0.418 e. The van der Waals surface area contributed by atoms with Gasteiger partial charge in [-0.3, -0.25) is 4.79 Å². The van der Waals surface area contributed by atoms with Gasteiger partial charge in [0.05, 0.1) is 22.9 Å². The van der Waals surface area contributed by atoms with Crippen molar-refractivity contribution in [2.75, 3.05) is 29.0 Å². The molecule has 1 aliphatic heterocycles. The summed E-state index contributed by atoms with van der Waals surface area (Å²) in [6.07, 6.45) is -3.44. The normalized spacial score (nSPS) is 20.6. The summed E-state index contributed by atoms with van der Waals surface area (Å²) < 4.78 is 60.5. The van der Waals surface area contributed by atoms with Gasteiger partial charge in [0.1, 0.15) is 6.17 Å². The van der Waals surface area contributed by atoms with Gasteiger partial charge < -0.3 is 25.6 Å². The summed E-state index contributed by atoms with van der Waals surface area (Å²) >= 11 is 0. The molecule has 0 spiro atoms. The van der Waals surface area contributed by atoms with Crippen LogP contribution in [0.15, 0.2) is 40.9 Å². The standard InChI is InChI=1S/C26H27F4N5O3/c27-17-7-9-35(10-8-17)22-6-3-15(13-20(22)31)24-33-23(34-38-24)14-2-5-21(19(12-14)26(28,29)30)32-18-4-1-16(11-18)25(36)37/h2-3,5-6,12-13,16-18,32H,1,4,7-11,31H2,(H,36,37)/t16-,18+/m0/s1. The van der Waals surface area contributed by atoms with E-state index in [0.29, 0.717) is 50.0 Å². The highest BCUT2D eigenvalue weighted by Crippen LogP contribution is 2.39. The number of carbonyl (C=O) groups is 1. The van der Waals surface area contributed by atoms with Gasteiger partial charge in [0.15, 0.2) is 0 Å². The van der Waals surface area contributed by atoms with E-state index >= 15 is 0 Å². The molecule has 38 heavy (non-hydrogen) atoms. The SMILES string of the molecule is Nc1cc(-c2nc(-c3ccc(N[C@@H]4CC[C@H](C(=O)O)C4)c(C(F)(F)F)c3)no2)ccc1N1CCC(F)CC1. The number of carboxylic acid groups (broad SMARTS) is 1. The summed E-state index contributed by atoms with van der Waals surface area (Å²) in [6, 6.07) is 8.51. The molecule has 2 heterocycles. The lowest BCUT2D eigenvalue weighted by atomic mass is 10.1. The third-order valence-electron chi connectivity index (χ3n) is 7.19. The van der Waals surface area contributed by atoms with Crippen LogP contribution in [0.5, 0.6) is 0 Å². The molecule has 8 nitrogen and oxygen atoms in total. The lowest BCUT2D eigenvalue weighted by Gasteiger charge is -2.31. The first kappa shape index (κ1) is 25.8. The Morgan fingerprint density at radius 1 is 1.08 bits per heavy atom. The number of aromatic nitrogens is 2. The fourth-order valence-corrected chi connectivity index (χ4v) is 5.12. The summed E-state index contributed by atoms with van der Waals surface area (Å²) in [4.78, 5) is 17.5. The van der Waals surface area contributed by atoms with Crippen LogP contribution in [-0.4, -0.2) is 46.5 Å². The molecule has 12 heteroatoms. The summed E-state index contributed by atoms with van der Waals surface area (Å²) in [6.45, 7) is 1.12. The molecule has 202 valence electrons. The molecule has 4 N–H and O–H groups in total. The second kappa shape index (κ2) is 10.1. The number of nitrogen functional groups attached to an aromatic ring is 1. The zero-order valence-corrected chi connectivity index (χ0v) is 20.3. The quantitative estimate of drug-likeness (QED) is 0.277. The van der Waals surface area contributed by atoms with Crippen LogP contribution in [0.25, 0.3) is 22.8 Å². The van der Waals surface area contributed by atoms with Crippen molar-refractivity contribution in [2.24, 2.45) is 5.92 Å². The minimum Gasteiger partial charge on any atom is -0.481 e. The topological polar surface area (TPSA) is 118 Å². The van der Waals surface area contributed by atoms with Crippen LogP contribution < -0.4 is 16.0 Å². The number of rotatable bonds is 6. The molecule has 1 aliphatic carbocycles. The van der Waals surface area contributed by atoms with Crippen molar-refractivity contribution in [3.63, 3.8) is 0 Å². The maximum atomic E-state index is 13.9. The molecular formula is C26H27F4N5O3. The number of nitrogens with two attached hydrogens (primary N) is 1. The molecule has 0 bridgehead atoms. The number of carboxylic acids is 1. The molecule has 0 amide bonds. The molecule has 2 aromatic carbocycles. The summed E-state index contributed by atoms with van der Waals surface area (Å²) in [7, 11) is 0. The number of piperidine rings is 1. The third-order valence-corrected chi connectivity index (χ3v) is 7.19. The van der Waals surface area contributed by atoms with E-state index in [1.165, 1.54) is 12.1 Å². The van der Waals surface area contributed by atoms with Crippen LogP contribution in [0.3, 0.4) is 0 Å². The number of hydrogen-bond donors (Lipinski definition) is 3. The van der Waals surface area contributed by atoms with Crippen LogP contribution in [0.4, 0.5) is 34.6 Å². The van der Waals surface area contributed by atoms with Crippen LogP contribution in [0, 0.1) is 5.92 Å². The monoisotopic (exact) mass is 533 g/mol. The third kappa shape index (κ3) is 5.39. The van der Waals surface area contributed by atoms with Gasteiger partial charge in [-0.25, -0.2) is 4.39 Å². The molecule has 1 saturated carbocycles. The molecule has 1 saturated heterocycles. The predicted octanol–water partition coefficient (Wildman–Crippen LogP) is 5.61. The van der Waals surface area contributed by atoms with Crippen LogP contribution in [0.1, 0.15) is 37.7 Å². The minimum atomic E-state index is -4.66. The Hall–Kier alpha value is -3.83. The first-order valence-electron chi connectivity index (χ1n) is 12.4. The molecule has 0 radical (unpaired) electrons. The number of nitrogens with one attached hydrogen (secondary N) is 1. The van der Waals surface area contributed by atoms with Gasteiger partial charge >= 0.3 is 12.1 Å². The van der Waals surface area contributed by atoms with E-state index in [4.69, 9.17) is 10.3 Å². The fraction of sp³-hybridized carbons (Fsp3) is 0.423. The largest absolute Gasteiger partial charge is 0.481 e. The van der Waals surface area contributed by atoms with Crippen molar-refractivity contribution >= 4 is 23.0 Å². The molecular weight excluding hydrogens is 506 g/mol. The molecule has 2 aliphatic rings. The van der Waals surface area contributed by atoms with Crippen molar-refractivity contribution in [3.05, 3.63) is 42.0 Å². The van der Waals surface area contributed by atoms with E-state index in [9.17, 15) is 27.5 Å². The van der Waals surface area contributed by atoms with Crippen LogP contribution >= 0.6 is 0 Å². The number of nitrogens with zero attached hydrogens (tertiary/aromatic N) is 3. The van der Waals surface area contributed by atoms with Gasteiger partial charge in [0.25, 0.3) is 5.89 Å². The Bertz CT molecular complexity index is 1320. The minimum absolute atomic E-state index is 0.0171. The molecule has 3 aromatic rings. The fourth-order valence-electron chi connectivity index (χ4n) is 5.12. The van der Waals surface area contributed by atoms with Gasteiger partial charge in [0, 0.05) is 35.9 Å². The van der Waals surface area contributed by atoms with Gasteiger partial charge in [-0.15, -0.1) is 0 Å². The Labute approximate surface area is 215 Å². The highest BCUT2D eigenvalue weighted by atomic mass is 19.4. The summed E-state index contributed by atoms with van der Waals surface area (Å²) in [5.41, 5.74) is 7.06. The molecule has 1 aromatic heterocycles. The van der Waals surface area contributed by atoms with E-state index in [0.717, 1.165) is 11.8 Å². The van der Waals surface area contributed by atoms with Gasteiger partial charge in [-0.2, -0.15) is 18.2 Å². The molecule has 5 rings (SSSR count). The average Bonchev–Trinajstić information content (AvgIpc) is 3.55. The number of benzene rings is 2. The van der Waals surface area contributed by atoms with E-state index in [2.05, 4.69) is 15.5 Å². The number of halogens is 4. The van der Waals surface area contributed by atoms with Crippen molar-refractivity contribution in [1.82, 2.24) is 10.1 Å². The van der Waals surface area contributed by atoms with Gasteiger partial charge in [-0.1, -0.05) is 5.16 Å². The number of aliphatic carboxylic acids is 1. The van der Waals surface area contributed by atoms with Crippen LogP contribution in [0.2, 0.25) is 0 Å². The first-order chi connectivity index (χ1) is 18.1.